The van der Waals surface area contributed by atoms with Gasteiger partial charge >= 0.3 is 0 Å². The molecule has 156 valence electrons. The van der Waals surface area contributed by atoms with Crippen LogP contribution in [0.4, 0.5) is 0 Å². The minimum absolute atomic E-state index is 0. The van der Waals surface area contributed by atoms with E-state index in [1.165, 1.54) is 0 Å². The van der Waals surface area contributed by atoms with Crippen LogP contribution in [0.1, 0.15) is 19.0 Å². The maximum Gasteiger partial charge on any atom is 0.194 e. The molecule has 8 nitrogen and oxygen atoms in total. The van der Waals surface area contributed by atoms with Crippen molar-refractivity contribution >= 4 is 29.9 Å². The molecule has 9 heteroatoms. The number of rotatable bonds is 10. The Morgan fingerprint density at radius 3 is 2.74 bits per heavy atom. The zero-order valence-corrected chi connectivity index (χ0v) is 19.2. The van der Waals surface area contributed by atoms with E-state index in [0.717, 1.165) is 83.6 Å². The van der Waals surface area contributed by atoms with Crippen LogP contribution >= 0.6 is 24.0 Å². The zero-order valence-electron chi connectivity index (χ0n) is 16.9. The summed E-state index contributed by atoms with van der Waals surface area (Å²) < 4.78 is 10.0. The molecule has 2 rings (SSSR count). The van der Waals surface area contributed by atoms with Crippen LogP contribution in [0.5, 0.6) is 0 Å². The number of piperazine rings is 1. The minimum atomic E-state index is 0. The summed E-state index contributed by atoms with van der Waals surface area (Å²) in [4.78, 5) is 11.9. The second kappa shape index (κ2) is 14.1. The predicted molar refractivity (Wildman–Crippen MR) is 119 cm³/mol. The van der Waals surface area contributed by atoms with Gasteiger partial charge in [-0.25, -0.2) is 0 Å². The Morgan fingerprint density at radius 2 is 2.11 bits per heavy atom. The quantitative estimate of drug-likeness (QED) is 0.228. The summed E-state index contributed by atoms with van der Waals surface area (Å²) >= 11 is 0. The highest BCUT2D eigenvalue weighted by Gasteiger charge is 2.20. The number of ether oxygens (including phenoxy) is 1. The molecule has 0 aromatic carbocycles. The van der Waals surface area contributed by atoms with E-state index in [4.69, 9.17) is 14.3 Å². The van der Waals surface area contributed by atoms with E-state index in [-0.39, 0.29) is 24.0 Å². The Kier molecular flexibility index (Phi) is 12.6. The van der Waals surface area contributed by atoms with Gasteiger partial charge in [0.25, 0.3) is 0 Å². The summed E-state index contributed by atoms with van der Waals surface area (Å²) in [5.41, 5.74) is 0.997. The molecule has 2 heterocycles. The van der Waals surface area contributed by atoms with Crippen molar-refractivity contribution < 1.29 is 9.26 Å². The number of hydrogen-bond donors (Lipinski definition) is 1. The lowest BCUT2D eigenvalue weighted by Crippen LogP contribution is -2.52. The van der Waals surface area contributed by atoms with Crippen molar-refractivity contribution in [1.29, 1.82) is 0 Å². The number of aliphatic imine (C=N–C) groups is 1. The van der Waals surface area contributed by atoms with Gasteiger partial charge in [-0.3, -0.25) is 9.89 Å². The maximum absolute atomic E-state index is 5.11. The highest BCUT2D eigenvalue weighted by Crippen LogP contribution is 2.07. The number of methoxy groups -OCH3 is 1. The van der Waals surface area contributed by atoms with Gasteiger partial charge in [0.15, 0.2) is 5.96 Å². The highest BCUT2D eigenvalue weighted by molar-refractivity contribution is 14.0. The number of aromatic nitrogens is 1. The van der Waals surface area contributed by atoms with E-state index in [9.17, 15) is 0 Å². The number of nitrogens with one attached hydrogen (secondary N) is 1. The Labute approximate surface area is 180 Å². The maximum atomic E-state index is 5.11. The summed E-state index contributed by atoms with van der Waals surface area (Å²) in [5, 5.41) is 7.43. The van der Waals surface area contributed by atoms with Crippen LogP contribution in [0.25, 0.3) is 0 Å². The van der Waals surface area contributed by atoms with Crippen molar-refractivity contribution in [1.82, 2.24) is 25.2 Å². The smallest absolute Gasteiger partial charge is 0.194 e. The van der Waals surface area contributed by atoms with E-state index < -0.39 is 0 Å². The lowest BCUT2D eigenvalue weighted by atomic mass is 10.3. The summed E-state index contributed by atoms with van der Waals surface area (Å²) in [7, 11) is 3.87. The fourth-order valence-corrected chi connectivity index (χ4v) is 2.98. The Morgan fingerprint density at radius 1 is 1.33 bits per heavy atom. The summed E-state index contributed by atoms with van der Waals surface area (Å²) in [6, 6.07) is 1.93. The van der Waals surface area contributed by atoms with Crippen molar-refractivity contribution in [3.63, 3.8) is 0 Å². The van der Waals surface area contributed by atoms with E-state index in [1.54, 1.807) is 13.4 Å². The van der Waals surface area contributed by atoms with E-state index in [0.29, 0.717) is 0 Å². The first-order chi connectivity index (χ1) is 12.7. The van der Waals surface area contributed by atoms with E-state index in [2.05, 4.69) is 39.1 Å². The van der Waals surface area contributed by atoms with Crippen molar-refractivity contribution in [2.45, 2.75) is 19.9 Å². The zero-order chi connectivity index (χ0) is 18.6. The van der Waals surface area contributed by atoms with E-state index in [1.807, 2.05) is 6.07 Å². The number of likely N-dealkylation sites (N-methyl/N-ethyl adjacent to an activating group) is 1. The van der Waals surface area contributed by atoms with Gasteiger partial charge in [-0.1, -0.05) is 5.16 Å². The molecule has 0 amide bonds. The molecular formula is C18H35IN6O2. The van der Waals surface area contributed by atoms with Crippen molar-refractivity contribution in [3.05, 3.63) is 18.0 Å². The number of halogens is 1. The molecule has 1 aromatic rings. The third-order valence-corrected chi connectivity index (χ3v) is 4.52. The second-order valence-electron chi connectivity index (χ2n) is 6.64. The second-order valence-corrected chi connectivity index (χ2v) is 6.64. The molecule has 0 spiro atoms. The molecule has 0 radical (unpaired) electrons. The standard InChI is InChI=1S/C18H34N6O2.HI/c1-4-19-18(20-7-5-8-22(2)13-15-25-3)24-11-9-23(10-12-24)16-17-6-14-26-21-17;/h6,14H,4-5,7-13,15-16H2,1-3H3,(H,19,20);1H. The third kappa shape index (κ3) is 9.22. The van der Waals surface area contributed by atoms with Crippen LogP contribution in [0.15, 0.2) is 21.8 Å². The monoisotopic (exact) mass is 494 g/mol. The summed E-state index contributed by atoms with van der Waals surface area (Å²) in [6.45, 7) is 11.5. The first-order valence-electron chi connectivity index (χ1n) is 9.55. The molecular weight excluding hydrogens is 459 g/mol. The average Bonchev–Trinajstić information content (AvgIpc) is 3.16. The molecule has 0 atom stereocenters. The van der Waals surface area contributed by atoms with E-state index >= 15 is 0 Å². The molecule has 1 saturated heterocycles. The normalized spacial score (nSPS) is 15.9. The lowest BCUT2D eigenvalue weighted by molar-refractivity contribution is 0.161. The number of hydrogen-bond acceptors (Lipinski definition) is 6. The molecule has 1 aromatic heterocycles. The summed E-state index contributed by atoms with van der Waals surface area (Å²) in [6.07, 6.45) is 2.69. The van der Waals surface area contributed by atoms with Crippen molar-refractivity contribution in [2.75, 3.05) is 73.1 Å². The fourth-order valence-electron chi connectivity index (χ4n) is 2.98. The van der Waals surface area contributed by atoms with Gasteiger partial charge in [0.1, 0.15) is 6.26 Å². The van der Waals surface area contributed by atoms with Gasteiger partial charge in [0.05, 0.1) is 12.3 Å². The van der Waals surface area contributed by atoms with Gasteiger partial charge in [0.2, 0.25) is 0 Å². The SMILES string of the molecule is CCNC(=NCCCN(C)CCOC)N1CCN(Cc2ccon2)CC1.I. The molecule has 0 bridgehead atoms. The third-order valence-electron chi connectivity index (χ3n) is 4.52. The van der Waals surface area contributed by atoms with Crippen LogP contribution in [-0.4, -0.2) is 98.9 Å². The van der Waals surface area contributed by atoms with Gasteiger partial charge in [0, 0.05) is 65.5 Å². The van der Waals surface area contributed by atoms with Crippen LogP contribution in [0, 0.1) is 0 Å². The minimum Gasteiger partial charge on any atom is -0.383 e. The molecule has 0 unspecified atom stereocenters. The predicted octanol–water partition coefficient (Wildman–Crippen LogP) is 1.34. The van der Waals surface area contributed by atoms with Crippen LogP contribution in [0.3, 0.4) is 0 Å². The van der Waals surface area contributed by atoms with Crippen LogP contribution in [0.2, 0.25) is 0 Å². The first-order valence-corrected chi connectivity index (χ1v) is 9.55. The van der Waals surface area contributed by atoms with Gasteiger partial charge in [-0.2, -0.15) is 0 Å². The topological polar surface area (TPSA) is 69.4 Å². The van der Waals surface area contributed by atoms with Crippen LogP contribution in [-0.2, 0) is 11.3 Å². The van der Waals surface area contributed by atoms with Gasteiger partial charge < -0.3 is 24.4 Å². The largest absolute Gasteiger partial charge is 0.383 e. The fraction of sp³-hybridized carbons (Fsp3) is 0.778. The Hall–Kier alpha value is -0.910. The molecule has 1 aliphatic rings. The Balaban J connectivity index is 0.00000364. The molecule has 0 saturated carbocycles. The lowest BCUT2D eigenvalue weighted by Gasteiger charge is -2.36. The molecule has 0 aliphatic carbocycles. The summed E-state index contributed by atoms with van der Waals surface area (Å²) in [5.74, 6) is 1.04. The first kappa shape index (κ1) is 24.1. The molecule has 27 heavy (non-hydrogen) atoms. The average molecular weight is 494 g/mol. The molecule has 1 aliphatic heterocycles. The van der Waals surface area contributed by atoms with Crippen molar-refractivity contribution in [3.8, 4) is 0 Å². The van der Waals surface area contributed by atoms with Crippen molar-refractivity contribution in [2.24, 2.45) is 4.99 Å². The van der Waals surface area contributed by atoms with Crippen LogP contribution < -0.4 is 5.32 Å². The number of nitrogens with zero attached hydrogens (tertiary/aromatic N) is 5. The highest BCUT2D eigenvalue weighted by atomic mass is 127. The molecule has 1 fully saturated rings. The van der Waals surface area contributed by atoms with Gasteiger partial charge in [-0.15, -0.1) is 24.0 Å². The Bertz CT molecular complexity index is 506. The number of guanidine groups is 1. The van der Waals surface area contributed by atoms with Gasteiger partial charge in [-0.05, 0) is 26.9 Å². The molecule has 1 N–H and O–H groups in total.